The topological polar surface area (TPSA) is 69.6 Å². The van der Waals surface area contributed by atoms with Crippen LogP contribution in [-0.4, -0.2) is 34.9 Å². The second kappa shape index (κ2) is 59.6. The van der Waals surface area contributed by atoms with Gasteiger partial charge in [-0.15, -0.1) is 0 Å². The van der Waals surface area contributed by atoms with Gasteiger partial charge in [0, 0.05) is 6.42 Å². The summed E-state index contributed by atoms with van der Waals surface area (Å²) in [6, 6.07) is -0.651. The molecule has 0 bridgehead atoms. The first-order valence-corrected chi connectivity index (χ1v) is 30.0. The van der Waals surface area contributed by atoms with Crippen molar-refractivity contribution in [2.24, 2.45) is 0 Å². The minimum Gasteiger partial charge on any atom is -0.394 e. The predicted octanol–water partition coefficient (Wildman–Crippen LogP) is 20.1. The van der Waals surface area contributed by atoms with Gasteiger partial charge in [0.15, 0.2) is 0 Å². The van der Waals surface area contributed by atoms with Crippen molar-refractivity contribution in [3.8, 4) is 0 Å². The highest BCUT2D eigenvalue weighted by Crippen LogP contribution is 2.16. The fourth-order valence-electron chi connectivity index (χ4n) is 8.77. The number of nitrogens with one attached hydrogen (secondary N) is 1. The van der Waals surface area contributed by atoms with E-state index in [1.54, 1.807) is 6.08 Å². The number of unbranched alkanes of at least 4 members (excludes halogenated alkanes) is 33. The number of carbonyl (C=O) groups excluding carboxylic acids is 1. The molecular formula is C65H115NO3. The van der Waals surface area contributed by atoms with Gasteiger partial charge in [-0.3, -0.25) is 4.79 Å². The van der Waals surface area contributed by atoms with Crippen LogP contribution in [0.25, 0.3) is 0 Å². The molecule has 3 N–H and O–H groups in total. The molecule has 4 nitrogen and oxygen atoms in total. The summed E-state index contributed by atoms with van der Waals surface area (Å²) >= 11 is 0. The zero-order valence-corrected chi connectivity index (χ0v) is 45.8. The molecule has 4 heteroatoms. The smallest absolute Gasteiger partial charge is 0.220 e. The minimum atomic E-state index is -0.875. The minimum absolute atomic E-state index is 0.0777. The van der Waals surface area contributed by atoms with Crippen molar-refractivity contribution in [2.75, 3.05) is 6.61 Å². The molecule has 0 saturated carbocycles. The molecule has 0 aromatic heterocycles. The third-order valence-corrected chi connectivity index (χ3v) is 13.3. The first-order valence-electron chi connectivity index (χ1n) is 30.0. The maximum absolute atomic E-state index is 12.5. The third-order valence-electron chi connectivity index (χ3n) is 13.3. The van der Waals surface area contributed by atoms with E-state index < -0.39 is 12.1 Å². The summed E-state index contributed by atoms with van der Waals surface area (Å²) < 4.78 is 0. The van der Waals surface area contributed by atoms with Gasteiger partial charge >= 0.3 is 0 Å². The Kier molecular flexibility index (Phi) is 57.3. The number of allylic oxidation sites excluding steroid dienone is 15. The zero-order valence-electron chi connectivity index (χ0n) is 45.8. The van der Waals surface area contributed by atoms with Crippen LogP contribution in [0.2, 0.25) is 0 Å². The summed E-state index contributed by atoms with van der Waals surface area (Å²) in [6.45, 7) is 4.20. The summed E-state index contributed by atoms with van der Waals surface area (Å²) in [5.74, 6) is -0.0777. The summed E-state index contributed by atoms with van der Waals surface area (Å²) in [5, 5.41) is 23.2. The van der Waals surface area contributed by atoms with E-state index >= 15 is 0 Å². The highest BCUT2D eigenvalue weighted by atomic mass is 16.3. The van der Waals surface area contributed by atoms with Crippen molar-refractivity contribution in [1.82, 2.24) is 5.32 Å². The number of amides is 1. The number of carbonyl (C=O) groups is 1. The molecule has 0 spiro atoms. The third kappa shape index (κ3) is 56.1. The lowest BCUT2D eigenvalue weighted by molar-refractivity contribution is -0.123. The van der Waals surface area contributed by atoms with Gasteiger partial charge < -0.3 is 15.5 Å². The Bertz CT molecular complexity index is 1270. The molecule has 0 aromatic rings. The second-order valence-corrected chi connectivity index (χ2v) is 20.0. The molecule has 69 heavy (non-hydrogen) atoms. The molecular weight excluding hydrogens is 843 g/mol. The normalized spacial score (nSPS) is 13.5. The fraction of sp³-hybridized carbons (Fsp3) is 0.738. The Hall–Kier alpha value is -2.69. The Balaban J connectivity index is 3.55. The van der Waals surface area contributed by atoms with Gasteiger partial charge in [0.05, 0.1) is 18.8 Å². The first kappa shape index (κ1) is 66.3. The molecule has 1 amide bonds. The molecule has 0 fully saturated rings. The lowest BCUT2D eigenvalue weighted by Crippen LogP contribution is -2.45. The van der Waals surface area contributed by atoms with Gasteiger partial charge in [-0.25, -0.2) is 0 Å². The second-order valence-electron chi connectivity index (χ2n) is 20.0. The molecule has 0 aromatic carbocycles. The van der Waals surface area contributed by atoms with E-state index in [0.29, 0.717) is 6.42 Å². The number of aliphatic hydroxyl groups excluding tert-OH is 2. The van der Waals surface area contributed by atoms with E-state index in [2.05, 4.69) is 104 Å². The fourth-order valence-corrected chi connectivity index (χ4v) is 8.77. The molecule has 0 saturated heterocycles. The number of hydrogen-bond donors (Lipinski definition) is 3. The SMILES string of the molecule is CC/C=C\C/C=C\C/C=C\C/C=C\C/C=C\CCCCCCCCCCCCCCCCCCCC(=O)NC(CO)C(O)/C=C/CC/C=C/CC/C=C/CCCCCCCCCCCCCCCC. The lowest BCUT2D eigenvalue weighted by atomic mass is 10.0. The van der Waals surface area contributed by atoms with Crippen LogP contribution in [0.3, 0.4) is 0 Å². The van der Waals surface area contributed by atoms with Crippen LogP contribution in [0.15, 0.2) is 97.2 Å². The van der Waals surface area contributed by atoms with E-state index in [1.165, 1.54) is 199 Å². The Morgan fingerprint density at radius 3 is 1.01 bits per heavy atom. The van der Waals surface area contributed by atoms with Crippen molar-refractivity contribution in [1.29, 1.82) is 0 Å². The number of aliphatic hydroxyl groups is 2. The molecule has 0 rings (SSSR count). The van der Waals surface area contributed by atoms with Crippen LogP contribution in [0.1, 0.15) is 290 Å². The standard InChI is InChI=1S/C65H115NO3/c1-3-5-7-9-11-13-15-17-19-21-23-25-27-29-30-31-32-33-34-35-36-37-39-41-43-45-47-49-51-53-55-57-59-61-65(69)66-63(62-67)64(68)60-58-56-54-52-50-48-46-44-42-40-38-28-26-24-22-20-18-16-14-12-10-8-6-4-2/h5,7,11,13,17,19,23,25,29-30,42,44,50,52,58,60,63-64,67-68H,3-4,6,8-10,12,14-16,18,20-22,24,26-28,31-41,43,45-49,51,53-57,59,61-62H2,1-2H3,(H,66,69)/b7-5-,13-11-,19-17-,25-23-,30-29-,44-42+,52-50+,60-58+. The summed E-state index contributed by atoms with van der Waals surface area (Å²) in [7, 11) is 0. The van der Waals surface area contributed by atoms with Gasteiger partial charge in [-0.05, 0) is 89.9 Å². The van der Waals surface area contributed by atoms with Crippen LogP contribution < -0.4 is 5.32 Å². The first-order chi connectivity index (χ1) is 34.2. The highest BCUT2D eigenvalue weighted by molar-refractivity contribution is 5.76. The van der Waals surface area contributed by atoms with E-state index in [0.717, 1.165) is 70.6 Å². The molecule has 0 aliphatic carbocycles. The molecule has 0 aliphatic rings. The summed E-state index contributed by atoms with van der Waals surface area (Å²) in [5.41, 5.74) is 0. The molecule has 0 aliphatic heterocycles. The largest absolute Gasteiger partial charge is 0.394 e. The summed E-state index contributed by atoms with van der Waals surface area (Å²) in [4.78, 5) is 12.5. The van der Waals surface area contributed by atoms with Crippen LogP contribution in [0, 0.1) is 0 Å². The molecule has 0 radical (unpaired) electrons. The molecule has 0 heterocycles. The highest BCUT2D eigenvalue weighted by Gasteiger charge is 2.18. The Morgan fingerprint density at radius 2 is 0.652 bits per heavy atom. The monoisotopic (exact) mass is 958 g/mol. The van der Waals surface area contributed by atoms with Crippen LogP contribution in [-0.2, 0) is 4.79 Å². The quantitative estimate of drug-likeness (QED) is 0.0420. The van der Waals surface area contributed by atoms with Gasteiger partial charge in [0.1, 0.15) is 0 Å². The molecule has 2 unspecified atom stereocenters. The summed E-state index contributed by atoms with van der Waals surface area (Å²) in [6.07, 6.45) is 88.7. The Morgan fingerprint density at radius 1 is 0.362 bits per heavy atom. The van der Waals surface area contributed by atoms with Gasteiger partial charge in [0.2, 0.25) is 5.91 Å². The average molecular weight is 959 g/mol. The zero-order chi connectivity index (χ0) is 49.9. The van der Waals surface area contributed by atoms with Gasteiger partial charge in [0.25, 0.3) is 0 Å². The van der Waals surface area contributed by atoms with E-state index in [-0.39, 0.29) is 12.5 Å². The van der Waals surface area contributed by atoms with Crippen LogP contribution >= 0.6 is 0 Å². The average Bonchev–Trinajstić information content (AvgIpc) is 3.35. The number of rotatable bonds is 54. The Labute approximate surface area is 430 Å². The van der Waals surface area contributed by atoms with Crippen molar-refractivity contribution in [2.45, 2.75) is 302 Å². The maximum Gasteiger partial charge on any atom is 0.220 e. The van der Waals surface area contributed by atoms with Crippen LogP contribution in [0.5, 0.6) is 0 Å². The van der Waals surface area contributed by atoms with Gasteiger partial charge in [-0.1, -0.05) is 291 Å². The van der Waals surface area contributed by atoms with Crippen molar-refractivity contribution < 1.29 is 15.0 Å². The molecule has 2 atom stereocenters. The van der Waals surface area contributed by atoms with Crippen molar-refractivity contribution in [3.05, 3.63) is 97.2 Å². The molecule has 398 valence electrons. The maximum atomic E-state index is 12.5. The number of hydrogen-bond acceptors (Lipinski definition) is 3. The van der Waals surface area contributed by atoms with E-state index in [9.17, 15) is 15.0 Å². The van der Waals surface area contributed by atoms with Crippen LogP contribution in [0.4, 0.5) is 0 Å². The van der Waals surface area contributed by atoms with Gasteiger partial charge in [-0.2, -0.15) is 0 Å². The van der Waals surface area contributed by atoms with E-state index in [1.807, 2.05) is 6.08 Å². The lowest BCUT2D eigenvalue weighted by Gasteiger charge is -2.19. The van der Waals surface area contributed by atoms with E-state index in [4.69, 9.17) is 0 Å². The predicted molar refractivity (Wildman–Crippen MR) is 308 cm³/mol. The van der Waals surface area contributed by atoms with Crippen molar-refractivity contribution in [3.63, 3.8) is 0 Å². The van der Waals surface area contributed by atoms with Crippen molar-refractivity contribution >= 4 is 5.91 Å².